The van der Waals surface area contributed by atoms with Crippen molar-refractivity contribution in [1.82, 2.24) is 4.72 Å². The fourth-order valence-corrected chi connectivity index (χ4v) is 2.65. The summed E-state index contributed by atoms with van der Waals surface area (Å²) < 4.78 is 25.6. The number of benzene rings is 1. The van der Waals surface area contributed by atoms with Crippen LogP contribution in [0.3, 0.4) is 0 Å². The standard InChI is InChI=1S/C13H23N3O2S/c1-4-5-6-9-16(3)13-8-7-11(10-12(13)14)19(17,18)15-2/h7-8,10,15H,4-6,9,14H2,1-3H3. The number of hydrogen-bond donors (Lipinski definition) is 2. The summed E-state index contributed by atoms with van der Waals surface area (Å²) in [5.74, 6) is 0. The molecule has 1 rings (SSSR count). The van der Waals surface area contributed by atoms with Gasteiger partial charge in [0.1, 0.15) is 0 Å². The highest BCUT2D eigenvalue weighted by Gasteiger charge is 2.14. The lowest BCUT2D eigenvalue weighted by Crippen LogP contribution is -2.21. The minimum Gasteiger partial charge on any atom is -0.397 e. The molecule has 0 aliphatic carbocycles. The van der Waals surface area contributed by atoms with Gasteiger partial charge in [-0.25, -0.2) is 13.1 Å². The van der Waals surface area contributed by atoms with Gasteiger partial charge in [-0.05, 0) is 31.7 Å². The fourth-order valence-electron chi connectivity index (χ4n) is 1.88. The second kappa shape index (κ2) is 6.77. The van der Waals surface area contributed by atoms with Crippen molar-refractivity contribution < 1.29 is 8.42 Å². The number of nitrogens with two attached hydrogens (primary N) is 1. The number of nitrogens with one attached hydrogen (secondary N) is 1. The van der Waals surface area contributed by atoms with Gasteiger partial charge < -0.3 is 10.6 Å². The summed E-state index contributed by atoms with van der Waals surface area (Å²) in [7, 11) is -0.0815. The van der Waals surface area contributed by atoms with E-state index in [-0.39, 0.29) is 4.90 Å². The number of nitrogen functional groups attached to an aromatic ring is 1. The first-order valence-corrected chi connectivity index (χ1v) is 7.95. The first-order valence-electron chi connectivity index (χ1n) is 6.46. The maximum absolute atomic E-state index is 11.7. The van der Waals surface area contributed by atoms with Crippen LogP contribution in [-0.2, 0) is 10.0 Å². The summed E-state index contributed by atoms with van der Waals surface area (Å²) in [5.41, 5.74) is 7.29. The molecule has 0 aliphatic heterocycles. The molecular weight excluding hydrogens is 262 g/mol. The van der Waals surface area contributed by atoms with Crippen molar-refractivity contribution in [3.63, 3.8) is 0 Å². The molecule has 0 spiro atoms. The van der Waals surface area contributed by atoms with Gasteiger partial charge in [-0.3, -0.25) is 0 Å². The second-order valence-corrected chi connectivity index (χ2v) is 6.44. The first kappa shape index (κ1) is 15.8. The zero-order valence-electron chi connectivity index (χ0n) is 11.8. The van der Waals surface area contributed by atoms with Crippen LogP contribution in [0.5, 0.6) is 0 Å². The molecular formula is C13H23N3O2S. The predicted molar refractivity (Wildman–Crippen MR) is 79.9 cm³/mol. The lowest BCUT2D eigenvalue weighted by molar-refractivity contribution is 0.588. The van der Waals surface area contributed by atoms with Crippen LogP contribution in [0.15, 0.2) is 23.1 Å². The summed E-state index contributed by atoms with van der Waals surface area (Å²) in [6.45, 7) is 3.07. The molecule has 0 saturated heterocycles. The first-order chi connectivity index (χ1) is 8.92. The van der Waals surface area contributed by atoms with Crippen LogP contribution in [0.1, 0.15) is 26.2 Å². The Labute approximate surface area is 115 Å². The van der Waals surface area contributed by atoms with Gasteiger partial charge in [0, 0.05) is 13.6 Å². The Balaban J connectivity index is 2.88. The van der Waals surface area contributed by atoms with Gasteiger partial charge >= 0.3 is 0 Å². The zero-order chi connectivity index (χ0) is 14.5. The molecule has 19 heavy (non-hydrogen) atoms. The monoisotopic (exact) mass is 285 g/mol. The smallest absolute Gasteiger partial charge is 0.240 e. The van der Waals surface area contributed by atoms with E-state index in [0.29, 0.717) is 5.69 Å². The minimum atomic E-state index is -3.43. The van der Waals surface area contributed by atoms with Gasteiger partial charge in [-0.1, -0.05) is 19.8 Å². The molecule has 0 atom stereocenters. The summed E-state index contributed by atoms with van der Waals surface area (Å²) in [6.07, 6.45) is 3.45. The van der Waals surface area contributed by atoms with Gasteiger partial charge in [0.05, 0.1) is 16.3 Å². The van der Waals surface area contributed by atoms with E-state index in [1.165, 1.54) is 26.0 Å². The molecule has 108 valence electrons. The number of sulfonamides is 1. The van der Waals surface area contributed by atoms with Crippen LogP contribution in [0.2, 0.25) is 0 Å². The number of nitrogens with zero attached hydrogens (tertiary/aromatic N) is 1. The predicted octanol–water partition coefficient (Wildman–Crippen LogP) is 1.80. The topological polar surface area (TPSA) is 75.4 Å². The van der Waals surface area contributed by atoms with Crippen molar-refractivity contribution in [2.24, 2.45) is 0 Å². The molecule has 0 aromatic heterocycles. The summed E-state index contributed by atoms with van der Waals surface area (Å²) in [4.78, 5) is 2.25. The van der Waals surface area contributed by atoms with Gasteiger partial charge in [0.15, 0.2) is 0 Å². The molecule has 0 aliphatic rings. The average Bonchev–Trinajstić information content (AvgIpc) is 2.38. The van der Waals surface area contributed by atoms with E-state index in [9.17, 15) is 8.42 Å². The van der Waals surface area contributed by atoms with Crippen LogP contribution in [0.25, 0.3) is 0 Å². The highest BCUT2D eigenvalue weighted by Crippen LogP contribution is 2.25. The van der Waals surface area contributed by atoms with Crippen LogP contribution in [0.4, 0.5) is 11.4 Å². The lowest BCUT2D eigenvalue weighted by Gasteiger charge is -2.21. The Morgan fingerprint density at radius 2 is 2.00 bits per heavy atom. The van der Waals surface area contributed by atoms with E-state index >= 15 is 0 Å². The van der Waals surface area contributed by atoms with Crippen molar-refractivity contribution >= 4 is 21.4 Å². The summed E-state index contributed by atoms with van der Waals surface area (Å²) in [6, 6.07) is 4.83. The third-order valence-corrected chi connectivity index (χ3v) is 4.50. The van der Waals surface area contributed by atoms with Crippen molar-refractivity contribution in [2.45, 2.75) is 31.1 Å². The summed E-state index contributed by atoms with van der Waals surface area (Å²) >= 11 is 0. The molecule has 1 aromatic carbocycles. The van der Waals surface area contributed by atoms with Crippen LogP contribution in [-0.4, -0.2) is 29.1 Å². The highest BCUT2D eigenvalue weighted by atomic mass is 32.2. The Morgan fingerprint density at radius 3 is 2.53 bits per heavy atom. The molecule has 0 fully saturated rings. The Kier molecular flexibility index (Phi) is 5.62. The van der Waals surface area contributed by atoms with E-state index in [4.69, 9.17) is 5.73 Å². The van der Waals surface area contributed by atoms with Gasteiger partial charge in [-0.2, -0.15) is 0 Å². The average molecular weight is 285 g/mol. The third-order valence-electron chi connectivity index (χ3n) is 3.09. The van der Waals surface area contributed by atoms with E-state index < -0.39 is 10.0 Å². The molecule has 0 unspecified atom stereocenters. The molecule has 0 heterocycles. The van der Waals surface area contributed by atoms with Gasteiger partial charge in [0.2, 0.25) is 10.0 Å². The Hall–Kier alpha value is -1.27. The maximum atomic E-state index is 11.7. The molecule has 3 N–H and O–H groups in total. The van der Waals surface area contributed by atoms with E-state index in [1.807, 2.05) is 7.05 Å². The van der Waals surface area contributed by atoms with Crippen LogP contribution in [0, 0.1) is 0 Å². The lowest BCUT2D eigenvalue weighted by atomic mass is 10.2. The van der Waals surface area contributed by atoms with E-state index in [0.717, 1.165) is 18.7 Å². The number of rotatable bonds is 7. The van der Waals surface area contributed by atoms with Crippen LogP contribution >= 0.6 is 0 Å². The molecule has 5 nitrogen and oxygen atoms in total. The zero-order valence-corrected chi connectivity index (χ0v) is 12.6. The molecule has 0 bridgehead atoms. The van der Waals surface area contributed by atoms with Crippen LogP contribution < -0.4 is 15.4 Å². The molecule has 6 heteroatoms. The molecule has 0 amide bonds. The third kappa shape index (κ3) is 4.11. The quantitative estimate of drug-likeness (QED) is 0.592. The maximum Gasteiger partial charge on any atom is 0.240 e. The van der Waals surface area contributed by atoms with Crippen molar-refractivity contribution in [2.75, 3.05) is 31.3 Å². The van der Waals surface area contributed by atoms with E-state index in [2.05, 4.69) is 16.5 Å². The van der Waals surface area contributed by atoms with Crippen molar-refractivity contribution in [3.05, 3.63) is 18.2 Å². The van der Waals surface area contributed by atoms with Crippen molar-refractivity contribution in [1.29, 1.82) is 0 Å². The largest absolute Gasteiger partial charge is 0.397 e. The Morgan fingerprint density at radius 1 is 1.32 bits per heavy atom. The molecule has 0 saturated carbocycles. The fraction of sp³-hybridized carbons (Fsp3) is 0.538. The molecule has 0 radical (unpaired) electrons. The normalized spacial score (nSPS) is 11.5. The highest BCUT2D eigenvalue weighted by molar-refractivity contribution is 7.89. The van der Waals surface area contributed by atoms with Gasteiger partial charge in [0.25, 0.3) is 0 Å². The van der Waals surface area contributed by atoms with E-state index in [1.54, 1.807) is 12.1 Å². The SMILES string of the molecule is CCCCCN(C)c1ccc(S(=O)(=O)NC)cc1N. The number of unbranched alkanes of at least 4 members (excludes halogenated alkanes) is 2. The van der Waals surface area contributed by atoms with Gasteiger partial charge in [-0.15, -0.1) is 0 Å². The second-order valence-electron chi connectivity index (χ2n) is 4.56. The molecule has 1 aromatic rings. The Bertz CT molecular complexity index is 515. The summed E-state index contributed by atoms with van der Waals surface area (Å²) in [5, 5.41) is 0. The number of hydrogen-bond acceptors (Lipinski definition) is 4. The minimum absolute atomic E-state index is 0.193. The number of anilines is 2. The van der Waals surface area contributed by atoms with Crippen molar-refractivity contribution in [3.8, 4) is 0 Å².